The van der Waals surface area contributed by atoms with Crippen molar-refractivity contribution in [2.75, 3.05) is 11.4 Å². The third kappa shape index (κ3) is 5.58. The van der Waals surface area contributed by atoms with Gasteiger partial charge < -0.3 is 4.90 Å². The number of thioether (sulfide) groups is 1. The molecular weight excluding hydrogens is 461 g/mol. The van der Waals surface area contributed by atoms with Crippen LogP contribution in [0, 0.1) is 24.1 Å². The molecule has 0 aliphatic heterocycles. The van der Waals surface area contributed by atoms with E-state index in [2.05, 4.69) is 16.3 Å². The monoisotopic (exact) mass is 485 g/mol. The Kier molecular flexibility index (Phi) is 7.58. The van der Waals surface area contributed by atoms with Crippen LogP contribution in [0.3, 0.4) is 0 Å². The van der Waals surface area contributed by atoms with Crippen molar-refractivity contribution in [2.24, 2.45) is 0 Å². The highest BCUT2D eigenvalue weighted by molar-refractivity contribution is 8.00. The Morgan fingerprint density at radius 1 is 1.06 bits per heavy atom. The van der Waals surface area contributed by atoms with Gasteiger partial charge in [-0.3, -0.25) is 9.36 Å². The second kappa shape index (κ2) is 11.0. The maximum absolute atomic E-state index is 13.5. The Labute approximate surface area is 208 Å². The molecule has 0 N–H and O–H groups in total. The van der Waals surface area contributed by atoms with E-state index in [4.69, 9.17) is 5.26 Å². The number of aryl methyl sites for hydroxylation is 1. The molecule has 4 rings (SSSR count). The fourth-order valence-corrected chi connectivity index (χ4v) is 4.55. The minimum atomic E-state index is -0.497. The number of amides is 1. The number of anilines is 1. The fraction of sp³-hybridized carbons (Fsp3) is 0.185. The number of nitrogens with zero attached hydrogens (tertiary/aromatic N) is 5. The van der Waals surface area contributed by atoms with Gasteiger partial charge in [0.2, 0.25) is 5.91 Å². The fourth-order valence-electron chi connectivity index (χ4n) is 3.62. The summed E-state index contributed by atoms with van der Waals surface area (Å²) >= 11 is 1.29. The van der Waals surface area contributed by atoms with Crippen molar-refractivity contribution in [1.82, 2.24) is 14.8 Å². The molecule has 0 aliphatic carbocycles. The number of carbonyl (C=O) groups excluding carboxylic acids is 1. The molecule has 0 saturated carbocycles. The Morgan fingerprint density at radius 2 is 1.74 bits per heavy atom. The SMILES string of the molecule is Cc1ccc(N(CCC#N)C(=O)C(C)Sc2nnc(-c3ccc(F)cc3)n2-c2ccccc2)cc1. The summed E-state index contributed by atoms with van der Waals surface area (Å²) in [6, 6.07) is 25.5. The van der Waals surface area contributed by atoms with E-state index in [1.54, 1.807) is 17.0 Å². The van der Waals surface area contributed by atoms with Gasteiger partial charge >= 0.3 is 0 Å². The Balaban J connectivity index is 1.67. The molecule has 1 unspecified atom stereocenters. The van der Waals surface area contributed by atoms with E-state index in [9.17, 15) is 9.18 Å². The zero-order valence-corrected chi connectivity index (χ0v) is 20.2. The van der Waals surface area contributed by atoms with E-state index >= 15 is 0 Å². The summed E-state index contributed by atoms with van der Waals surface area (Å²) < 4.78 is 15.4. The minimum absolute atomic E-state index is 0.125. The summed E-state index contributed by atoms with van der Waals surface area (Å²) in [5.41, 5.74) is 3.38. The number of rotatable bonds is 8. The van der Waals surface area contributed by atoms with Crippen LogP contribution < -0.4 is 4.90 Å². The van der Waals surface area contributed by atoms with Crippen LogP contribution in [0.1, 0.15) is 18.9 Å². The summed E-state index contributed by atoms with van der Waals surface area (Å²) in [4.78, 5) is 15.1. The third-order valence-electron chi connectivity index (χ3n) is 5.44. The van der Waals surface area contributed by atoms with Crippen LogP contribution >= 0.6 is 11.8 Å². The van der Waals surface area contributed by atoms with Gasteiger partial charge in [-0.1, -0.05) is 47.7 Å². The number of nitriles is 1. The second-order valence-corrected chi connectivity index (χ2v) is 9.29. The van der Waals surface area contributed by atoms with Gasteiger partial charge in [-0.05, 0) is 62.4 Å². The number of benzene rings is 3. The molecule has 1 aromatic heterocycles. The molecule has 1 heterocycles. The van der Waals surface area contributed by atoms with Gasteiger partial charge in [-0.15, -0.1) is 10.2 Å². The second-order valence-electron chi connectivity index (χ2n) is 7.98. The summed E-state index contributed by atoms with van der Waals surface area (Å²) in [7, 11) is 0. The van der Waals surface area contributed by atoms with Gasteiger partial charge in [0.05, 0.1) is 17.7 Å². The van der Waals surface area contributed by atoms with E-state index in [1.807, 2.05) is 73.0 Å². The highest BCUT2D eigenvalue weighted by Gasteiger charge is 2.26. The van der Waals surface area contributed by atoms with E-state index in [-0.39, 0.29) is 18.1 Å². The topological polar surface area (TPSA) is 74.8 Å². The first kappa shape index (κ1) is 24.2. The molecule has 0 radical (unpaired) electrons. The number of aromatic nitrogens is 3. The Morgan fingerprint density at radius 3 is 2.40 bits per heavy atom. The van der Waals surface area contributed by atoms with Crippen LogP contribution in [-0.4, -0.2) is 32.5 Å². The van der Waals surface area contributed by atoms with E-state index in [0.29, 0.717) is 23.1 Å². The zero-order valence-electron chi connectivity index (χ0n) is 19.4. The van der Waals surface area contributed by atoms with Crippen molar-refractivity contribution in [2.45, 2.75) is 30.7 Å². The Bertz CT molecular complexity index is 1330. The third-order valence-corrected chi connectivity index (χ3v) is 6.47. The molecule has 8 heteroatoms. The average Bonchev–Trinajstić information content (AvgIpc) is 3.29. The molecule has 4 aromatic rings. The molecule has 35 heavy (non-hydrogen) atoms. The maximum Gasteiger partial charge on any atom is 0.240 e. The van der Waals surface area contributed by atoms with E-state index in [0.717, 1.165) is 16.9 Å². The van der Waals surface area contributed by atoms with Crippen molar-refractivity contribution < 1.29 is 9.18 Å². The molecular formula is C27H24FN5OS. The average molecular weight is 486 g/mol. The highest BCUT2D eigenvalue weighted by atomic mass is 32.2. The van der Waals surface area contributed by atoms with Gasteiger partial charge in [0.15, 0.2) is 11.0 Å². The predicted molar refractivity (Wildman–Crippen MR) is 136 cm³/mol. The van der Waals surface area contributed by atoms with Crippen molar-refractivity contribution in [3.8, 4) is 23.1 Å². The van der Waals surface area contributed by atoms with Crippen LogP contribution in [0.2, 0.25) is 0 Å². The lowest BCUT2D eigenvalue weighted by molar-refractivity contribution is -0.117. The molecule has 6 nitrogen and oxygen atoms in total. The molecule has 3 aromatic carbocycles. The molecule has 0 spiro atoms. The van der Waals surface area contributed by atoms with Crippen molar-refractivity contribution in [3.63, 3.8) is 0 Å². The maximum atomic E-state index is 13.5. The summed E-state index contributed by atoms with van der Waals surface area (Å²) in [6.07, 6.45) is 0.228. The lowest BCUT2D eigenvalue weighted by Gasteiger charge is -2.25. The van der Waals surface area contributed by atoms with E-state index < -0.39 is 5.25 Å². The molecule has 0 saturated heterocycles. The zero-order chi connectivity index (χ0) is 24.8. The molecule has 0 bridgehead atoms. The van der Waals surface area contributed by atoms with Crippen LogP contribution in [0.5, 0.6) is 0 Å². The number of carbonyl (C=O) groups is 1. The van der Waals surface area contributed by atoms with Crippen molar-refractivity contribution >= 4 is 23.4 Å². The summed E-state index contributed by atoms with van der Waals surface area (Å²) in [6.45, 7) is 4.11. The number of hydrogen-bond acceptors (Lipinski definition) is 5. The lowest BCUT2D eigenvalue weighted by atomic mass is 10.2. The first-order valence-electron chi connectivity index (χ1n) is 11.2. The lowest BCUT2D eigenvalue weighted by Crippen LogP contribution is -2.37. The Hall–Kier alpha value is -3.96. The summed E-state index contributed by atoms with van der Waals surface area (Å²) in [5, 5.41) is 17.9. The molecule has 0 aliphatic rings. The largest absolute Gasteiger partial charge is 0.310 e. The van der Waals surface area contributed by atoms with Gasteiger partial charge in [-0.25, -0.2) is 4.39 Å². The molecule has 0 fully saturated rings. The molecule has 1 atom stereocenters. The molecule has 1 amide bonds. The smallest absolute Gasteiger partial charge is 0.240 e. The number of para-hydroxylation sites is 1. The quantitative estimate of drug-likeness (QED) is 0.295. The van der Waals surface area contributed by atoms with Gasteiger partial charge in [0.1, 0.15) is 5.82 Å². The normalized spacial score (nSPS) is 11.6. The van der Waals surface area contributed by atoms with Crippen molar-refractivity contribution in [1.29, 1.82) is 5.26 Å². The highest BCUT2D eigenvalue weighted by Crippen LogP contribution is 2.31. The van der Waals surface area contributed by atoms with Gasteiger partial charge in [0, 0.05) is 23.5 Å². The number of halogens is 1. The van der Waals surface area contributed by atoms with E-state index in [1.165, 1.54) is 23.9 Å². The van der Waals surface area contributed by atoms with Gasteiger partial charge in [-0.2, -0.15) is 5.26 Å². The van der Waals surface area contributed by atoms with Crippen LogP contribution in [0.4, 0.5) is 10.1 Å². The summed E-state index contributed by atoms with van der Waals surface area (Å²) in [5.74, 6) is 0.0974. The number of hydrogen-bond donors (Lipinski definition) is 0. The predicted octanol–water partition coefficient (Wildman–Crippen LogP) is 5.81. The first-order valence-corrected chi connectivity index (χ1v) is 12.0. The van der Waals surface area contributed by atoms with Gasteiger partial charge in [0.25, 0.3) is 0 Å². The van der Waals surface area contributed by atoms with Crippen LogP contribution in [-0.2, 0) is 4.79 Å². The standard InChI is InChI=1S/C27H24FN5OS/c1-19-9-15-23(16-10-19)32(18-6-17-29)26(34)20(2)35-27-31-30-25(21-11-13-22(28)14-12-21)33(27)24-7-4-3-5-8-24/h3-5,7-16,20H,6,18H2,1-2H3. The van der Waals surface area contributed by atoms with Crippen LogP contribution in [0.25, 0.3) is 17.1 Å². The molecule has 176 valence electrons. The first-order chi connectivity index (χ1) is 17.0. The van der Waals surface area contributed by atoms with Crippen molar-refractivity contribution in [3.05, 3.63) is 90.2 Å². The minimum Gasteiger partial charge on any atom is -0.310 e. The van der Waals surface area contributed by atoms with Crippen LogP contribution in [0.15, 0.2) is 84.0 Å².